The Labute approximate surface area is 177 Å². The van der Waals surface area contributed by atoms with Crippen LogP contribution in [0.15, 0.2) is 54.9 Å². The maximum atomic E-state index is 12.7. The van der Waals surface area contributed by atoms with E-state index < -0.39 is 0 Å². The number of likely N-dealkylation sites (tertiary alicyclic amines) is 1. The minimum absolute atomic E-state index is 0.00541. The van der Waals surface area contributed by atoms with Gasteiger partial charge in [-0.3, -0.25) is 19.5 Å². The van der Waals surface area contributed by atoms with Gasteiger partial charge in [-0.05, 0) is 43.5 Å². The van der Waals surface area contributed by atoms with Gasteiger partial charge in [-0.1, -0.05) is 18.2 Å². The SMILES string of the molecule is O=C(CN1CCC(NC(=O)C2CCN(c3ccncc3)C2)CC1)Nc1ccccc1. The van der Waals surface area contributed by atoms with Crippen molar-refractivity contribution in [1.29, 1.82) is 0 Å². The van der Waals surface area contributed by atoms with Crippen molar-refractivity contribution >= 4 is 23.2 Å². The molecule has 2 fully saturated rings. The standard InChI is InChI=1S/C23H29N5O2/c29-22(25-19-4-2-1-3-5-19)17-27-13-9-20(10-14-27)26-23(30)18-8-15-28(16-18)21-6-11-24-12-7-21/h1-7,11-12,18,20H,8-10,13-17H2,(H,25,29)(H,26,30). The molecule has 7 heteroatoms. The second kappa shape index (κ2) is 9.71. The number of piperidine rings is 1. The van der Waals surface area contributed by atoms with Gasteiger partial charge in [0.2, 0.25) is 11.8 Å². The molecule has 0 saturated carbocycles. The van der Waals surface area contributed by atoms with Gasteiger partial charge in [0, 0.05) is 56.0 Å². The fourth-order valence-electron chi connectivity index (χ4n) is 4.24. The molecule has 1 unspecified atom stereocenters. The molecular weight excluding hydrogens is 378 g/mol. The molecule has 1 aromatic carbocycles. The molecule has 7 nitrogen and oxygen atoms in total. The van der Waals surface area contributed by atoms with Crippen LogP contribution in [0.25, 0.3) is 0 Å². The summed E-state index contributed by atoms with van der Waals surface area (Å²) in [5.41, 5.74) is 1.95. The van der Waals surface area contributed by atoms with Crippen molar-refractivity contribution in [1.82, 2.24) is 15.2 Å². The number of aromatic nitrogens is 1. The van der Waals surface area contributed by atoms with Gasteiger partial charge in [0.25, 0.3) is 0 Å². The third-order valence-electron chi connectivity index (χ3n) is 5.95. The van der Waals surface area contributed by atoms with Crippen LogP contribution in [0.1, 0.15) is 19.3 Å². The van der Waals surface area contributed by atoms with Crippen LogP contribution in [-0.4, -0.2) is 60.5 Å². The summed E-state index contributed by atoms with van der Waals surface area (Å²) in [5, 5.41) is 6.17. The molecule has 2 saturated heterocycles. The third kappa shape index (κ3) is 5.36. The lowest BCUT2D eigenvalue weighted by Gasteiger charge is -2.32. The van der Waals surface area contributed by atoms with E-state index in [1.807, 2.05) is 42.5 Å². The number of benzene rings is 1. The summed E-state index contributed by atoms with van der Waals surface area (Å²) >= 11 is 0. The van der Waals surface area contributed by atoms with Crippen LogP contribution in [0.4, 0.5) is 11.4 Å². The smallest absolute Gasteiger partial charge is 0.238 e. The summed E-state index contributed by atoms with van der Waals surface area (Å²) in [6.45, 7) is 3.69. The van der Waals surface area contributed by atoms with Crippen molar-refractivity contribution in [3.05, 3.63) is 54.9 Å². The van der Waals surface area contributed by atoms with Gasteiger partial charge in [0.05, 0.1) is 12.5 Å². The maximum Gasteiger partial charge on any atom is 0.238 e. The molecule has 2 N–H and O–H groups in total. The number of hydrogen-bond acceptors (Lipinski definition) is 5. The van der Waals surface area contributed by atoms with Crippen molar-refractivity contribution < 1.29 is 9.59 Å². The molecule has 1 aromatic heterocycles. The molecule has 2 aromatic rings. The highest BCUT2D eigenvalue weighted by Crippen LogP contribution is 2.23. The van der Waals surface area contributed by atoms with Gasteiger partial charge in [-0.2, -0.15) is 0 Å². The fourth-order valence-corrected chi connectivity index (χ4v) is 4.24. The molecule has 0 aliphatic carbocycles. The number of carbonyl (C=O) groups is 2. The van der Waals surface area contributed by atoms with Crippen LogP contribution in [0, 0.1) is 5.92 Å². The number of carbonyl (C=O) groups excluding carboxylic acids is 2. The van der Waals surface area contributed by atoms with Crippen LogP contribution >= 0.6 is 0 Å². The van der Waals surface area contributed by atoms with E-state index >= 15 is 0 Å². The lowest BCUT2D eigenvalue weighted by atomic mass is 10.0. The predicted molar refractivity (Wildman–Crippen MR) is 117 cm³/mol. The number of nitrogens with one attached hydrogen (secondary N) is 2. The lowest BCUT2D eigenvalue weighted by Crippen LogP contribution is -2.48. The second-order valence-corrected chi connectivity index (χ2v) is 8.11. The number of para-hydroxylation sites is 1. The first-order chi connectivity index (χ1) is 14.7. The molecule has 3 heterocycles. The lowest BCUT2D eigenvalue weighted by molar-refractivity contribution is -0.125. The van der Waals surface area contributed by atoms with Gasteiger partial charge >= 0.3 is 0 Å². The molecule has 30 heavy (non-hydrogen) atoms. The molecule has 2 aliphatic rings. The van der Waals surface area contributed by atoms with Gasteiger partial charge in [-0.25, -0.2) is 0 Å². The zero-order chi connectivity index (χ0) is 20.8. The third-order valence-corrected chi connectivity index (χ3v) is 5.95. The molecule has 0 radical (unpaired) electrons. The van der Waals surface area contributed by atoms with Gasteiger partial charge in [0.15, 0.2) is 0 Å². The van der Waals surface area contributed by atoms with Crippen molar-refractivity contribution in [3.63, 3.8) is 0 Å². The second-order valence-electron chi connectivity index (χ2n) is 8.11. The Kier molecular flexibility index (Phi) is 6.59. The van der Waals surface area contributed by atoms with Crippen LogP contribution in [-0.2, 0) is 9.59 Å². The Bertz CT molecular complexity index is 837. The van der Waals surface area contributed by atoms with Crippen LogP contribution < -0.4 is 15.5 Å². The Morgan fingerprint density at radius 1 is 0.967 bits per heavy atom. The van der Waals surface area contributed by atoms with Gasteiger partial charge in [0.1, 0.15) is 0 Å². The summed E-state index contributed by atoms with van der Waals surface area (Å²) in [7, 11) is 0. The number of pyridine rings is 1. The highest BCUT2D eigenvalue weighted by Gasteiger charge is 2.30. The number of nitrogens with zero attached hydrogens (tertiary/aromatic N) is 3. The van der Waals surface area contributed by atoms with E-state index in [2.05, 4.69) is 25.4 Å². The zero-order valence-corrected chi connectivity index (χ0v) is 17.2. The summed E-state index contributed by atoms with van der Waals surface area (Å²) in [6.07, 6.45) is 6.22. The molecule has 0 spiro atoms. The van der Waals surface area contributed by atoms with E-state index in [0.29, 0.717) is 6.54 Å². The highest BCUT2D eigenvalue weighted by molar-refractivity contribution is 5.92. The Morgan fingerprint density at radius 2 is 1.70 bits per heavy atom. The van der Waals surface area contributed by atoms with Crippen molar-refractivity contribution in [2.45, 2.75) is 25.3 Å². The topological polar surface area (TPSA) is 77.6 Å². The zero-order valence-electron chi connectivity index (χ0n) is 17.2. The van der Waals surface area contributed by atoms with Crippen LogP contribution in [0.2, 0.25) is 0 Å². The number of amides is 2. The molecular formula is C23H29N5O2. The van der Waals surface area contributed by atoms with Gasteiger partial charge < -0.3 is 15.5 Å². The number of hydrogen-bond donors (Lipinski definition) is 2. The molecule has 2 aliphatic heterocycles. The van der Waals surface area contributed by atoms with Crippen LogP contribution in [0.3, 0.4) is 0 Å². The largest absolute Gasteiger partial charge is 0.371 e. The summed E-state index contributed by atoms with van der Waals surface area (Å²) < 4.78 is 0. The monoisotopic (exact) mass is 407 g/mol. The first kappa shape index (κ1) is 20.3. The fraction of sp³-hybridized carbons (Fsp3) is 0.435. The van der Waals surface area contributed by atoms with E-state index in [4.69, 9.17) is 0 Å². The Hall–Kier alpha value is -2.93. The van der Waals surface area contributed by atoms with Gasteiger partial charge in [-0.15, -0.1) is 0 Å². The minimum atomic E-state index is 0.00541. The quantitative estimate of drug-likeness (QED) is 0.767. The Balaban J connectivity index is 1.18. The molecule has 1 atom stereocenters. The number of rotatable bonds is 6. The molecule has 0 bridgehead atoms. The maximum absolute atomic E-state index is 12.7. The van der Waals surface area contributed by atoms with E-state index in [1.54, 1.807) is 12.4 Å². The highest BCUT2D eigenvalue weighted by atomic mass is 16.2. The number of anilines is 2. The summed E-state index contributed by atoms with van der Waals surface area (Å²) in [4.78, 5) is 33.4. The average molecular weight is 408 g/mol. The first-order valence-corrected chi connectivity index (χ1v) is 10.7. The van der Waals surface area contributed by atoms with Crippen molar-refractivity contribution in [2.75, 3.05) is 42.9 Å². The van der Waals surface area contributed by atoms with Crippen LogP contribution in [0.5, 0.6) is 0 Å². The van der Waals surface area contributed by atoms with E-state index in [-0.39, 0.29) is 23.8 Å². The van der Waals surface area contributed by atoms with E-state index in [1.165, 1.54) is 0 Å². The summed E-state index contributed by atoms with van der Waals surface area (Å²) in [5.74, 6) is 0.200. The molecule has 2 amide bonds. The molecule has 4 rings (SSSR count). The van der Waals surface area contributed by atoms with E-state index in [9.17, 15) is 9.59 Å². The summed E-state index contributed by atoms with van der Waals surface area (Å²) in [6, 6.07) is 13.7. The van der Waals surface area contributed by atoms with Crippen molar-refractivity contribution in [2.24, 2.45) is 5.92 Å². The minimum Gasteiger partial charge on any atom is -0.371 e. The first-order valence-electron chi connectivity index (χ1n) is 10.7. The average Bonchev–Trinajstić information content (AvgIpc) is 3.27. The Morgan fingerprint density at radius 3 is 2.43 bits per heavy atom. The predicted octanol–water partition coefficient (Wildman–Crippen LogP) is 2.13. The molecule has 158 valence electrons. The van der Waals surface area contributed by atoms with E-state index in [0.717, 1.165) is 56.8 Å². The van der Waals surface area contributed by atoms with Crippen molar-refractivity contribution in [3.8, 4) is 0 Å². The normalized spacial score (nSPS) is 20.1.